The van der Waals surface area contributed by atoms with E-state index in [9.17, 15) is 14.7 Å². The van der Waals surface area contributed by atoms with E-state index in [0.717, 1.165) is 16.5 Å². The van der Waals surface area contributed by atoms with Gasteiger partial charge in [0.25, 0.3) is 5.91 Å². The van der Waals surface area contributed by atoms with E-state index in [1.54, 1.807) is 24.4 Å². The molecular formula is C20H16N2O4. The first-order chi connectivity index (χ1) is 12.6. The maximum atomic E-state index is 11.8. The Balaban J connectivity index is 1.55. The van der Waals surface area contributed by atoms with Crippen molar-refractivity contribution in [1.29, 1.82) is 0 Å². The molecule has 6 heteroatoms. The highest BCUT2D eigenvalue weighted by Crippen LogP contribution is 2.17. The largest absolute Gasteiger partial charge is 0.508 e. The van der Waals surface area contributed by atoms with Gasteiger partial charge in [0.15, 0.2) is 6.61 Å². The zero-order valence-corrected chi connectivity index (χ0v) is 13.8. The highest BCUT2D eigenvalue weighted by atomic mass is 16.5. The van der Waals surface area contributed by atoms with Crippen LogP contribution in [0, 0.1) is 0 Å². The van der Waals surface area contributed by atoms with Crippen molar-refractivity contribution in [2.75, 3.05) is 11.9 Å². The van der Waals surface area contributed by atoms with Gasteiger partial charge < -0.3 is 15.2 Å². The smallest absolute Gasteiger partial charge is 0.331 e. The van der Waals surface area contributed by atoms with E-state index in [4.69, 9.17) is 4.74 Å². The predicted octanol–water partition coefficient (Wildman–Crippen LogP) is 3.14. The Labute approximate surface area is 149 Å². The summed E-state index contributed by atoms with van der Waals surface area (Å²) < 4.78 is 4.93. The first-order valence-corrected chi connectivity index (χ1v) is 7.89. The van der Waals surface area contributed by atoms with Gasteiger partial charge in [-0.3, -0.25) is 9.78 Å². The van der Waals surface area contributed by atoms with E-state index < -0.39 is 18.5 Å². The fourth-order valence-electron chi connectivity index (χ4n) is 2.35. The Morgan fingerprint density at radius 3 is 2.65 bits per heavy atom. The van der Waals surface area contributed by atoms with Gasteiger partial charge in [-0.15, -0.1) is 0 Å². The number of phenolic OH excluding ortho intramolecular Hbond substituents is 1. The van der Waals surface area contributed by atoms with Crippen LogP contribution in [-0.4, -0.2) is 28.6 Å². The van der Waals surface area contributed by atoms with Gasteiger partial charge in [0, 0.05) is 28.9 Å². The quantitative estimate of drug-likeness (QED) is 0.420. The van der Waals surface area contributed by atoms with Gasteiger partial charge in [-0.05, 0) is 36.4 Å². The summed E-state index contributed by atoms with van der Waals surface area (Å²) in [6.07, 6.45) is 4.55. The number of phenols is 1. The second-order valence-electron chi connectivity index (χ2n) is 5.46. The van der Waals surface area contributed by atoms with E-state index in [0.29, 0.717) is 5.69 Å². The molecule has 0 radical (unpaired) electrons. The van der Waals surface area contributed by atoms with E-state index in [1.165, 1.54) is 18.2 Å². The van der Waals surface area contributed by atoms with Crippen LogP contribution in [0.3, 0.4) is 0 Å². The molecule has 0 saturated heterocycles. The number of carbonyl (C=O) groups excluding carboxylic acids is 2. The number of anilines is 1. The average Bonchev–Trinajstić information content (AvgIpc) is 2.66. The van der Waals surface area contributed by atoms with Crippen LogP contribution in [0.15, 0.2) is 66.9 Å². The Morgan fingerprint density at radius 1 is 1.08 bits per heavy atom. The third-order valence-corrected chi connectivity index (χ3v) is 3.56. The number of pyridine rings is 1. The SMILES string of the molecule is O=C(COC(=O)/C=C/c1cccc2cccnc12)Nc1ccc(O)cc1. The van der Waals surface area contributed by atoms with E-state index in [2.05, 4.69) is 10.3 Å². The monoisotopic (exact) mass is 348 g/mol. The third-order valence-electron chi connectivity index (χ3n) is 3.56. The lowest BCUT2D eigenvalue weighted by Gasteiger charge is -2.05. The number of hydrogen-bond acceptors (Lipinski definition) is 5. The zero-order valence-electron chi connectivity index (χ0n) is 13.8. The molecule has 0 spiro atoms. The first-order valence-electron chi connectivity index (χ1n) is 7.89. The van der Waals surface area contributed by atoms with Crippen molar-refractivity contribution in [2.24, 2.45) is 0 Å². The fourth-order valence-corrected chi connectivity index (χ4v) is 2.35. The van der Waals surface area contributed by atoms with Gasteiger partial charge in [-0.1, -0.05) is 24.3 Å². The number of benzene rings is 2. The molecule has 1 amide bonds. The molecular weight excluding hydrogens is 332 g/mol. The lowest BCUT2D eigenvalue weighted by atomic mass is 10.1. The minimum Gasteiger partial charge on any atom is -0.508 e. The van der Waals surface area contributed by atoms with Crippen LogP contribution in [0.5, 0.6) is 5.75 Å². The predicted molar refractivity (Wildman–Crippen MR) is 98.5 cm³/mol. The van der Waals surface area contributed by atoms with E-state index in [-0.39, 0.29) is 5.75 Å². The molecule has 130 valence electrons. The van der Waals surface area contributed by atoms with Gasteiger partial charge in [0.05, 0.1) is 5.52 Å². The molecule has 2 N–H and O–H groups in total. The highest BCUT2D eigenvalue weighted by Gasteiger charge is 2.06. The minimum atomic E-state index is -0.626. The Bertz CT molecular complexity index is 960. The number of nitrogens with zero attached hydrogens (tertiary/aromatic N) is 1. The van der Waals surface area contributed by atoms with Gasteiger partial charge in [0.2, 0.25) is 0 Å². The maximum absolute atomic E-state index is 11.8. The molecule has 0 aliphatic heterocycles. The number of esters is 1. The van der Waals surface area contributed by atoms with Crippen molar-refractivity contribution in [3.63, 3.8) is 0 Å². The summed E-state index contributed by atoms with van der Waals surface area (Å²) in [7, 11) is 0. The van der Waals surface area contributed by atoms with Crippen molar-refractivity contribution in [1.82, 2.24) is 4.98 Å². The number of aromatic hydroxyl groups is 1. The standard InChI is InChI=1S/C20H16N2O4/c23-17-9-7-16(8-10-17)22-18(24)13-26-19(25)11-6-15-4-1-3-14-5-2-12-21-20(14)15/h1-12,23H,13H2,(H,22,24)/b11-6+. The summed E-state index contributed by atoms with van der Waals surface area (Å²) in [4.78, 5) is 27.9. The van der Waals surface area contributed by atoms with Crippen LogP contribution in [0.25, 0.3) is 17.0 Å². The molecule has 0 unspecified atom stereocenters. The van der Waals surface area contributed by atoms with Gasteiger partial charge in [-0.2, -0.15) is 0 Å². The first kappa shape index (κ1) is 17.2. The second-order valence-corrected chi connectivity index (χ2v) is 5.46. The summed E-state index contributed by atoms with van der Waals surface area (Å²) in [5.41, 5.74) is 2.07. The molecule has 0 saturated carbocycles. The normalized spacial score (nSPS) is 10.8. The number of carbonyl (C=O) groups is 2. The number of rotatable bonds is 5. The number of fused-ring (bicyclic) bond motifs is 1. The Hall–Kier alpha value is -3.67. The third kappa shape index (κ3) is 4.45. The molecule has 0 aliphatic carbocycles. The number of para-hydroxylation sites is 1. The Kier molecular flexibility index (Phi) is 5.24. The van der Waals surface area contributed by atoms with Crippen molar-refractivity contribution in [3.8, 4) is 5.75 Å². The zero-order chi connectivity index (χ0) is 18.4. The molecule has 26 heavy (non-hydrogen) atoms. The topological polar surface area (TPSA) is 88.5 Å². The number of ether oxygens (including phenoxy) is 1. The average molecular weight is 348 g/mol. The number of hydrogen-bond donors (Lipinski definition) is 2. The highest BCUT2D eigenvalue weighted by molar-refractivity contribution is 5.96. The molecule has 1 heterocycles. The molecule has 2 aromatic carbocycles. The lowest BCUT2D eigenvalue weighted by Crippen LogP contribution is -2.20. The van der Waals surface area contributed by atoms with Crippen molar-refractivity contribution in [3.05, 3.63) is 72.4 Å². The molecule has 3 aromatic rings. The van der Waals surface area contributed by atoms with Crippen molar-refractivity contribution in [2.45, 2.75) is 0 Å². The van der Waals surface area contributed by atoms with Crippen LogP contribution in [0.4, 0.5) is 5.69 Å². The van der Waals surface area contributed by atoms with Gasteiger partial charge in [-0.25, -0.2) is 4.79 Å². The molecule has 1 aromatic heterocycles. The van der Waals surface area contributed by atoms with Gasteiger partial charge in [0.1, 0.15) is 5.75 Å². The number of aromatic nitrogens is 1. The van der Waals surface area contributed by atoms with Crippen LogP contribution in [-0.2, 0) is 14.3 Å². The fraction of sp³-hybridized carbons (Fsp3) is 0.0500. The van der Waals surface area contributed by atoms with Crippen LogP contribution in [0.2, 0.25) is 0 Å². The van der Waals surface area contributed by atoms with E-state index >= 15 is 0 Å². The van der Waals surface area contributed by atoms with Crippen LogP contribution < -0.4 is 5.32 Å². The molecule has 0 fully saturated rings. The summed E-state index contributed by atoms with van der Waals surface area (Å²) in [5, 5.41) is 12.7. The van der Waals surface area contributed by atoms with E-state index in [1.807, 2.05) is 30.3 Å². The van der Waals surface area contributed by atoms with Crippen LogP contribution >= 0.6 is 0 Å². The van der Waals surface area contributed by atoms with Crippen molar-refractivity contribution >= 4 is 34.5 Å². The Morgan fingerprint density at radius 2 is 1.85 bits per heavy atom. The molecule has 0 aliphatic rings. The maximum Gasteiger partial charge on any atom is 0.331 e. The summed E-state index contributed by atoms with van der Waals surface area (Å²) in [6, 6.07) is 15.4. The summed E-state index contributed by atoms with van der Waals surface area (Å²) >= 11 is 0. The van der Waals surface area contributed by atoms with Crippen LogP contribution in [0.1, 0.15) is 5.56 Å². The molecule has 6 nitrogen and oxygen atoms in total. The number of nitrogens with one attached hydrogen (secondary N) is 1. The molecule has 0 atom stereocenters. The lowest BCUT2D eigenvalue weighted by molar-refractivity contribution is -0.142. The van der Waals surface area contributed by atoms with Gasteiger partial charge >= 0.3 is 5.97 Å². The van der Waals surface area contributed by atoms with Crippen molar-refractivity contribution < 1.29 is 19.4 Å². The minimum absolute atomic E-state index is 0.0995. The number of amides is 1. The molecule has 0 bridgehead atoms. The summed E-state index contributed by atoms with van der Waals surface area (Å²) in [5.74, 6) is -0.995. The second kappa shape index (κ2) is 7.94. The summed E-state index contributed by atoms with van der Waals surface area (Å²) in [6.45, 7) is -0.405. The molecule has 3 rings (SSSR count).